The largest absolute Gasteiger partial charge is 0.321 e. The highest BCUT2D eigenvalue weighted by Crippen LogP contribution is 2.44. The van der Waals surface area contributed by atoms with Crippen molar-refractivity contribution in [2.75, 3.05) is 0 Å². The van der Waals surface area contributed by atoms with Gasteiger partial charge in [-0.25, -0.2) is 0 Å². The van der Waals surface area contributed by atoms with Gasteiger partial charge in [-0.2, -0.15) is 0 Å². The molecule has 0 saturated heterocycles. The molecule has 1 nitrogen and oxygen atoms in total. The van der Waals surface area contributed by atoms with Crippen molar-refractivity contribution in [3.8, 4) is 0 Å². The Balaban J connectivity index is 2.18. The summed E-state index contributed by atoms with van der Waals surface area (Å²) in [6, 6.07) is 6.79. The number of hydrogen-bond acceptors (Lipinski definition) is 1. The van der Waals surface area contributed by atoms with Crippen molar-refractivity contribution >= 4 is 0 Å². The van der Waals surface area contributed by atoms with Crippen molar-refractivity contribution in [1.29, 1.82) is 0 Å². The zero-order chi connectivity index (χ0) is 14.3. The third-order valence-electron chi connectivity index (χ3n) is 4.90. The summed E-state index contributed by atoms with van der Waals surface area (Å²) in [5.41, 5.74) is 11.1. The molecule has 1 fully saturated rings. The number of benzene rings is 1. The number of aryl methyl sites for hydroxylation is 2. The molecule has 0 bridgehead atoms. The Morgan fingerprint density at radius 3 is 1.89 bits per heavy atom. The number of nitrogens with two attached hydrogens (primary N) is 1. The molecular weight excluding hydrogens is 230 g/mol. The molecule has 0 aromatic heterocycles. The Morgan fingerprint density at radius 1 is 1.00 bits per heavy atom. The van der Waals surface area contributed by atoms with E-state index >= 15 is 0 Å². The predicted octanol–water partition coefficient (Wildman–Crippen LogP) is 4.69. The highest BCUT2D eigenvalue weighted by Gasteiger charge is 2.37. The van der Waals surface area contributed by atoms with Gasteiger partial charge in [0.15, 0.2) is 0 Å². The van der Waals surface area contributed by atoms with E-state index in [1.807, 2.05) is 0 Å². The lowest BCUT2D eigenvalue weighted by atomic mass is 9.66. The lowest BCUT2D eigenvalue weighted by molar-refractivity contribution is 0.134. The molecule has 106 valence electrons. The number of rotatable bonds is 1. The summed E-state index contributed by atoms with van der Waals surface area (Å²) in [5, 5.41) is 0. The molecule has 0 heterocycles. The molecule has 1 aromatic carbocycles. The van der Waals surface area contributed by atoms with E-state index in [0.717, 1.165) is 18.8 Å². The first kappa shape index (κ1) is 14.6. The molecular formula is C18H29N. The second kappa shape index (κ2) is 4.94. The average Bonchev–Trinajstić information content (AvgIpc) is 2.27. The van der Waals surface area contributed by atoms with E-state index in [1.165, 1.54) is 29.5 Å². The van der Waals surface area contributed by atoms with Gasteiger partial charge in [-0.3, -0.25) is 0 Å². The first-order valence-electron chi connectivity index (χ1n) is 7.58. The zero-order valence-corrected chi connectivity index (χ0v) is 13.2. The smallest absolute Gasteiger partial charge is 0.0410 e. The molecule has 1 aliphatic rings. The van der Waals surface area contributed by atoms with Crippen LogP contribution in [0, 0.1) is 25.2 Å². The SMILES string of the molecule is Cc1cc(C)cc(C2(N)CCC(C(C)(C)C)CC2)c1. The maximum absolute atomic E-state index is 6.72. The van der Waals surface area contributed by atoms with Gasteiger partial charge in [0.05, 0.1) is 0 Å². The Kier molecular flexibility index (Phi) is 3.79. The van der Waals surface area contributed by atoms with Crippen LogP contribution in [0.4, 0.5) is 0 Å². The molecule has 1 saturated carbocycles. The van der Waals surface area contributed by atoms with E-state index in [2.05, 4.69) is 52.8 Å². The fourth-order valence-corrected chi connectivity index (χ4v) is 3.55. The first-order chi connectivity index (χ1) is 8.71. The van der Waals surface area contributed by atoms with Crippen LogP contribution in [0.25, 0.3) is 0 Å². The fourth-order valence-electron chi connectivity index (χ4n) is 3.55. The van der Waals surface area contributed by atoms with E-state index < -0.39 is 0 Å². The monoisotopic (exact) mass is 259 g/mol. The summed E-state index contributed by atoms with van der Waals surface area (Å²) in [5.74, 6) is 0.815. The summed E-state index contributed by atoms with van der Waals surface area (Å²) in [7, 11) is 0. The van der Waals surface area contributed by atoms with Gasteiger partial charge in [0.2, 0.25) is 0 Å². The summed E-state index contributed by atoms with van der Waals surface area (Å²) in [6.07, 6.45) is 4.76. The molecule has 0 amide bonds. The van der Waals surface area contributed by atoms with Crippen LogP contribution in [0.2, 0.25) is 0 Å². The molecule has 2 rings (SSSR count). The first-order valence-corrected chi connectivity index (χ1v) is 7.58. The summed E-state index contributed by atoms with van der Waals surface area (Å²) >= 11 is 0. The van der Waals surface area contributed by atoms with Crippen molar-refractivity contribution in [2.45, 2.75) is 65.8 Å². The van der Waals surface area contributed by atoms with Crippen LogP contribution in [0.5, 0.6) is 0 Å². The van der Waals surface area contributed by atoms with Crippen LogP contribution >= 0.6 is 0 Å². The normalized spacial score (nSPS) is 28.4. The molecule has 1 aromatic rings. The van der Waals surface area contributed by atoms with Crippen LogP contribution in [0.3, 0.4) is 0 Å². The van der Waals surface area contributed by atoms with Gasteiger partial charge in [0.25, 0.3) is 0 Å². The van der Waals surface area contributed by atoms with Gasteiger partial charge >= 0.3 is 0 Å². The lowest BCUT2D eigenvalue weighted by Crippen LogP contribution is -2.42. The van der Waals surface area contributed by atoms with Crippen molar-refractivity contribution in [1.82, 2.24) is 0 Å². The Labute approximate surface area is 118 Å². The third-order valence-corrected chi connectivity index (χ3v) is 4.90. The van der Waals surface area contributed by atoms with Crippen molar-refractivity contribution in [3.05, 3.63) is 34.9 Å². The fraction of sp³-hybridized carbons (Fsp3) is 0.667. The maximum Gasteiger partial charge on any atom is 0.0410 e. The van der Waals surface area contributed by atoms with Crippen LogP contribution < -0.4 is 5.73 Å². The van der Waals surface area contributed by atoms with E-state index in [9.17, 15) is 0 Å². The Morgan fingerprint density at radius 2 is 1.47 bits per heavy atom. The summed E-state index contributed by atoms with van der Waals surface area (Å²) < 4.78 is 0. The van der Waals surface area contributed by atoms with Gasteiger partial charge < -0.3 is 5.73 Å². The third kappa shape index (κ3) is 3.20. The van der Waals surface area contributed by atoms with Crippen LogP contribution in [-0.4, -0.2) is 0 Å². The van der Waals surface area contributed by atoms with Crippen molar-refractivity contribution < 1.29 is 0 Å². The second-order valence-corrected chi connectivity index (χ2v) is 7.67. The molecule has 0 unspecified atom stereocenters. The Hall–Kier alpha value is -0.820. The average molecular weight is 259 g/mol. The van der Waals surface area contributed by atoms with Crippen molar-refractivity contribution in [3.63, 3.8) is 0 Å². The Bertz CT molecular complexity index is 425. The van der Waals surface area contributed by atoms with Gasteiger partial charge in [-0.15, -0.1) is 0 Å². The summed E-state index contributed by atoms with van der Waals surface area (Å²) in [6.45, 7) is 11.4. The van der Waals surface area contributed by atoms with E-state index in [1.54, 1.807) is 0 Å². The minimum Gasteiger partial charge on any atom is -0.321 e. The summed E-state index contributed by atoms with van der Waals surface area (Å²) in [4.78, 5) is 0. The quantitative estimate of drug-likeness (QED) is 0.777. The van der Waals surface area contributed by atoms with Gasteiger partial charge in [-0.1, -0.05) is 50.1 Å². The molecule has 0 radical (unpaired) electrons. The molecule has 2 N–H and O–H groups in total. The molecule has 0 aliphatic heterocycles. The molecule has 19 heavy (non-hydrogen) atoms. The molecule has 1 aliphatic carbocycles. The second-order valence-electron chi connectivity index (χ2n) is 7.67. The van der Waals surface area contributed by atoms with Gasteiger partial charge in [0, 0.05) is 5.54 Å². The van der Waals surface area contributed by atoms with E-state index in [-0.39, 0.29) is 5.54 Å². The van der Waals surface area contributed by atoms with Crippen LogP contribution in [0.1, 0.15) is 63.1 Å². The van der Waals surface area contributed by atoms with Crippen LogP contribution in [-0.2, 0) is 5.54 Å². The minimum atomic E-state index is -0.0987. The topological polar surface area (TPSA) is 26.0 Å². The van der Waals surface area contributed by atoms with E-state index in [0.29, 0.717) is 5.41 Å². The molecule has 0 atom stereocenters. The van der Waals surface area contributed by atoms with Crippen LogP contribution in [0.15, 0.2) is 18.2 Å². The standard InChI is InChI=1S/C18H29N/c1-13-10-14(2)12-16(11-13)18(19)8-6-15(7-9-18)17(3,4)5/h10-12,15H,6-9,19H2,1-5H3. The predicted molar refractivity (Wildman–Crippen MR) is 83.2 cm³/mol. The van der Waals surface area contributed by atoms with Gasteiger partial charge in [-0.05, 0) is 56.4 Å². The lowest BCUT2D eigenvalue weighted by Gasteiger charge is -2.42. The highest BCUT2D eigenvalue weighted by atomic mass is 14.7. The zero-order valence-electron chi connectivity index (χ0n) is 13.2. The van der Waals surface area contributed by atoms with E-state index in [4.69, 9.17) is 5.73 Å². The number of hydrogen-bond donors (Lipinski definition) is 1. The van der Waals surface area contributed by atoms with Gasteiger partial charge in [0.1, 0.15) is 0 Å². The highest BCUT2D eigenvalue weighted by molar-refractivity contribution is 5.33. The molecule has 1 heteroatoms. The molecule has 0 spiro atoms. The van der Waals surface area contributed by atoms with Crippen molar-refractivity contribution in [2.24, 2.45) is 17.1 Å². The maximum atomic E-state index is 6.72. The minimum absolute atomic E-state index is 0.0987.